The van der Waals surface area contributed by atoms with Crippen LogP contribution in [0, 0.1) is 20.8 Å². The Kier molecular flexibility index (Phi) is 3.73. The number of hydrogen-bond acceptors (Lipinski definition) is 3. The monoisotopic (exact) mass is 223 g/mol. The number of carbonyl (C=O) groups is 1. The largest absolute Gasteiger partial charge is 0.496 e. The van der Waals surface area contributed by atoms with E-state index in [0.717, 1.165) is 28.1 Å². The van der Waals surface area contributed by atoms with Crippen LogP contribution in [0.1, 0.15) is 16.7 Å². The van der Waals surface area contributed by atoms with Gasteiger partial charge < -0.3 is 10.1 Å². The predicted molar refractivity (Wildman–Crippen MR) is 63.5 cm³/mol. The fourth-order valence-electron chi connectivity index (χ4n) is 1.60. The lowest BCUT2D eigenvalue weighted by Gasteiger charge is -2.16. The summed E-state index contributed by atoms with van der Waals surface area (Å²) in [5.74, 6) is 5.84. The van der Waals surface area contributed by atoms with E-state index in [1.807, 2.05) is 32.3 Å². The smallest absolute Gasteiger partial charge is 0.333 e. The Morgan fingerprint density at radius 3 is 2.44 bits per heavy atom. The summed E-state index contributed by atoms with van der Waals surface area (Å²) in [4.78, 5) is 11.2. The minimum Gasteiger partial charge on any atom is -0.496 e. The van der Waals surface area contributed by atoms with Crippen LogP contribution in [0.15, 0.2) is 6.07 Å². The number of amides is 2. The second kappa shape index (κ2) is 4.85. The average molecular weight is 223 g/mol. The summed E-state index contributed by atoms with van der Waals surface area (Å²) in [6, 6.07) is 1.45. The van der Waals surface area contributed by atoms with Crippen LogP contribution in [0.25, 0.3) is 0 Å². The van der Waals surface area contributed by atoms with Crippen molar-refractivity contribution < 1.29 is 9.53 Å². The first-order chi connectivity index (χ1) is 7.51. The fraction of sp³-hybridized carbons (Fsp3) is 0.364. The van der Waals surface area contributed by atoms with Crippen molar-refractivity contribution in [1.29, 1.82) is 0 Å². The van der Waals surface area contributed by atoms with Crippen molar-refractivity contribution in [3.05, 3.63) is 22.8 Å². The quantitative estimate of drug-likeness (QED) is 0.405. The van der Waals surface area contributed by atoms with Gasteiger partial charge in [-0.2, -0.15) is 0 Å². The van der Waals surface area contributed by atoms with Gasteiger partial charge >= 0.3 is 6.03 Å². The number of aryl methyl sites for hydroxylation is 1. The molecule has 5 nitrogen and oxygen atoms in total. The normalized spacial score (nSPS) is 9.81. The molecule has 1 aromatic carbocycles. The Morgan fingerprint density at radius 2 is 1.94 bits per heavy atom. The number of methoxy groups -OCH3 is 1. The molecule has 0 saturated heterocycles. The number of benzene rings is 1. The molecule has 16 heavy (non-hydrogen) atoms. The molecular formula is C11H17N3O2. The number of rotatable bonds is 2. The number of urea groups is 1. The summed E-state index contributed by atoms with van der Waals surface area (Å²) in [6.07, 6.45) is 0. The van der Waals surface area contributed by atoms with Crippen molar-refractivity contribution in [1.82, 2.24) is 5.43 Å². The van der Waals surface area contributed by atoms with Crippen LogP contribution in [0.5, 0.6) is 5.75 Å². The first kappa shape index (κ1) is 12.3. The van der Waals surface area contributed by atoms with Gasteiger partial charge in [-0.05, 0) is 43.5 Å². The molecule has 0 aliphatic heterocycles. The maximum Gasteiger partial charge on any atom is 0.333 e. The van der Waals surface area contributed by atoms with E-state index in [-0.39, 0.29) is 0 Å². The van der Waals surface area contributed by atoms with Crippen molar-refractivity contribution in [2.75, 3.05) is 12.4 Å². The third-order valence-electron chi connectivity index (χ3n) is 2.64. The van der Waals surface area contributed by atoms with E-state index in [1.165, 1.54) is 0 Å². The number of ether oxygens (including phenoxy) is 1. The van der Waals surface area contributed by atoms with Crippen molar-refractivity contribution in [3.8, 4) is 5.75 Å². The van der Waals surface area contributed by atoms with Gasteiger partial charge in [-0.1, -0.05) is 0 Å². The maximum absolute atomic E-state index is 11.2. The van der Waals surface area contributed by atoms with E-state index in [1.54, 1.807) is 7.11 Å². The minimum absolute atomic E-state index is 0.434. The molecule has 0 aromatic heterocycles. The Labute approximate surface area is 94.9 Å². The lowest BCUT2D eigenvalue weighted by molar-refractivity contribution is 0.252. The van der Waals surface area contributed by atoms with Gasteiger partial charge in [0.2, 0.25) is 0 Å². The second-order valence-electron chi connectivity index (χ2n) is 3.62. The van der Waals surface area contributed by atoms with Crippen molar-refractivity contribution in [3.63, 3.8) is 0 Å². The van der Waals surface area contributed by atoms with Crippen LogP contribution >= 0.6 is 0 Å². The first-order valence-corrected chi connectivity index (χ1v) is 4.93. The van der Waals surface area contributed by atoms with Crippen LogP contribution in [0.4, 0.5) is 10.5 Å². The van der Waals surface area contributed by atoms with E-state index in [0.29, 0.717) is 0 Å². The summed E-state index contributed by atoms with van der Waals surface area (Å²) in [6.45, 7) is 5.78. The Morgan fingerprint density at radius 1 is 1.31 bits per heavy atom. The number of hydrazine groups is 1. The highest BCUT2D eigenvalue weighted by molar-refractivity contribution is 5.91. The molecule has 1 rings (SSSR count). The summed E-state index contributed by atoms with van der Waals surface area (Å²) < 4.78 is 5.24. The SMILES string of the molecule is COc1cc(C)c(NC(=O)NN)c(C)c1C. The van der Waals surface area contributed by atoms with E-state index < -0.39 is 6.03 Å². The van der Waals surface area contributed by atoms with Gasteiger partial charge in [0.1, 0.15) is 5.75 Å². The molecule has 2 amide bonds. The van der Waals surface area contributed by atoms with Crippen LogP contribution in [-0.4, -0.2) is 13.1 Å². The average Bonchev–Trinajstić information content (AvgIpc) is 2.28. The molecule has 5 heteroatoms. The summed E-state index contributed by atoms with van der Waals surface area (Å²) >= 11 is 0. The van der Waals surface area contributed by atoms with E-state index in [2.05, 4.69) is 5.32 Å². The molecule has 88 valence electrons. The predicted octanol–water partition coefficient (Wildman–Crippen LogP) is 1.62. The molecular weight excluding hydrogens is 206 g/mol. The molecule has 0 aliphatic carbocycles. The van der Waals surface area contributed by atoms with Crippen LogP contribution in [0.2, 0.25) is 0 Å². The molecule has 4 N–H and O–H groups in total. The summed E-state index contributed by atoms with van der Waals surface area (Å²) in [5.41, 5.74) is 5.71. The van der Waals surface area contributed by atoms with Crippen molar-refractivity contribution in [2.24, 2.45) is 5.84 Å². The van der Waals surface area contributed by atoms with E-state index in [4.69, 9.17) is 10.6 Å². The summed E-state index contributed by atoms with van der Waals surface area (Å²) in [5, 5.41) is 2.69. The number of hydrogen-bond donors (Lipinski definition) is 3. The van der Waals surface area contributed by atoms with E-state index in [9.17, 15) is 4.79 Å². The Bertz CT molecular complexity index is 416. The zero-order valence-electron chi connectivity index (χ0n) is 9.97. The van der Waals surface area contributed by atoms with Crippen LogP contribution in [-0.2, 0) is 0 Å². The molecule has 0 bridgehead atoms. The maximum atomic E-state index is 11.2. The molecule has 0 spiro atoms. The van der Waals surface area contributed by atoms with Gasteiger partial charge in [0, 0.05) is 5.69 Å². The molecule has 0 aliphatic rings. The Hall–Kier alpha value is -1.75. The van der Waals surface area contributed by atoms with Gasteiger partial charge in [0.05, 0.1) is 7.11 Å². The van der Waals surface area contributed by atoms with Crippen molar-refractivity contribution in [2.45, 2.75) is 20.8 Å². The lowest BCUT2D eigenvalue weighted by Crippen LogP contribution is -2.34. The highest BCUT2D eigenvalue weighted by Gasteiger charge is 2.12. The van der Waals surface area contributed by atoms with Crippen LogP contribution < -0.4 is 21.3 Å². The zero-order valence-corrected chi connectivity index (χ0v) is 9.97. The van der Waals surface area contributed by atoms with Gasteiger partial charge in [0.25, 0.3) is 0 Å². The van der Waals surface area contributed by atoms with E-state index >= 15 is 0 Å². The second-order valence-corrected chi connectivity index (χ2v) is 3.62. The number of nitrogens with two attached hydrogens (primary N) is 1. The van der Waals surface area contributed by atoms with Crippen LogP contribution in [0.3, 0.4) is 0 Å². The molecule has 0 fully saturated rings. The fourth-order valence-corrected chi connectivity index (χ4v) is 1.60. The number of anilines is 1. The topological polar surface area (TPSA) is 76.4 Å². The molecule has 0 unspecified atom stereocenters. The molecule has 0 heterocycles. The molecule has 1 aromatic rings. The van der Waals surface area contributed by atoms with Gasteiger partial charge in [-0.15, -0.1) is 0 Å². The highest BCUT2D eigenvalue weighted by atomic mass is 16.5. The van der Waals surface area contributed by atoms with Crippen molar-refractivity contribution >= 4 is 11.7 Å². The zero-order chi connectivity index (χ0) is 12.3. The lowest BCUT2D eigenvalue weighted by atomic mass is 10.0. The molecule has 0 radical (unpaired) electrons. The first-order valence-electron chi connectivity index (χ1n) is 4.93. The minimum atomic E-state index is -0.434. The van der Waals surface area contributed by atoms with Gasteiger partial charge in [-0.3, -0.25) is 5.43 Å². The Balaban J connectivity index is 3.20. The molecule has 0 saturated carbocycles. The third kappa shape index (κ3) is 2.25. The number of carbonyl (C=O) groups excluding carboxylic acids is 1. The van der Waals surface area contributed by atoms with Gasteiger partial charge in [-0.25, -0.2) is 10.6 Å². The standard InChI is InChI=1S/C11H17N3O2/c1-6-5-9(16-4)7(2)8(3)10(6)13-11(15)14-12/h5H,12H2,1-4H3,(H2,13,14,15). The molecule has 0 atom stereocenters. The summed E-state index contributed by atoms with van der Waals surface area (Å²) in [7, 11) is 1.63. The van der Waals surface area contributed by atoms with Gasteiger partial charge in [0.15, 0.2) is 0 Å². The number of nitrogens with one attached hydrogen (secondary N) is 2. The third-order valence-corrected chi connectivity index (χ3v) is 2.64. The highest BCUT2D eigenvalue weighted by Crippen LogP contribution is 2.30.